The first kappa shape index (κ1) is 15.5. The number of fused-ring (bicyclic) bond motifs is 5. The van der Waals surface area contributed by atoms with Gasteiger partial charge < -0.3 is 0 Å². The van der Waals surface area contributed by atoms with E-state index < -0.39 is 0 Å². The smallest absolute Gasteiger partial charge is 0.132 e. The molecule has 0 spiro atoms. The topological polar surface area (TPSA) is 25.8 Å². The van der Waals surface area contributed by atoms with Crippen molar-refractivity contribution in [1.29, 1.82) is 0 Å². The molecule has 2 nitrogen and oxygen atoms in total. The molecule has 3 unspecified atom stereocenters. The van der Waals surface area contributed by atoms with E-state index in [0.29, 0.717) is 17.8 Å². The lowest BCUT2D eigenvalue weighted by Gasteiger charge is -2.36. The van der Waals surface area contributed by atoms with Crippen molar-refractivity contribution in [3.63, 3.8) is 0 Å². The third-order valence-electron chi connectivity index (χ3n) is 6.13. The van der Waals surface area contributed by atoms with E-state index in [-0.39, 0.29) is 0 Å². The van der Waals surface area contributed by atoms with Gasteiger partial charge in [0.1, 0.15) is 5.82 Å². The average Bonchev–Trinajstić information content (AvgIpc) is 2.68. The van der Waals surface area contributed by atoms with Crippen molar-refractivity contribution >= 4 is 21.5 Å². The lowest BCUT2D eigenvalue weighted by Crippen LogP contribution is -2.26. The molecule has 1 aromatic heterocycles. The van der Waals surface area contributed by atoms with Crippen LogP contribution in [0.1, 0.15) is 42.6 Å². The predicted molar refractivity (Wildman–Crippen MR) is 108 cm³/mol. The Bertz CT molecular complexity index is 1100. The lowest BCUT2D eigenvalue weighted by atomic mass is 9.69. The molecular weight excluding hydrogens is 316 g/mol. The average molecular weight is 338 g/mol. The van der Waals surface area contributed by atoms with Crippen LogP contribution in [0.15, 0.2) is 67.0 Å². The van der Waals surface area contributed by atoms with E-state index in [1.165, 1.54) is 32.7 Å². The molecule has 4 aromatic rings. The molecule has 0 N–H and O–H groups in total. The summed E-state index contributed by atoms with van der Waals surface area (Å²) in [6, 6.07) is 19.8. The Labute approximate surface area is 153 Å². The van der Waals surface area contributed by atoms with Gasteiger partial charge in [0.25, 0.3) is 0 Å². The summed E-state index contributed by atoms with van der Waals surface area (Å²) in [6.07, 6.45) is 4.81. The van der Waals surface area contributed by atoms with E-state index in [1.807, 2.05) is 18.5 Å². The van der Waals surface area contributed by atoms with Gasteiger partial charge in [-0.15, -0.1) is 0 Å². The normalized spacial score (nSPS) is 22.5. The summed E-state index contributed by atoms with van der Waals surface area (Å²) < 4.78 is 0. The van der Waals surface area contributed by atoms with Crippen molar-refractivity contribution in [2.45, 2.75) is 32.1 Å². The molecule has 0 fully saturated rings. The summed E-state index contributed by atoms with van der Waals surface area (Å²) in [4.78, 5) is 9.14. The van der Waals surface area contributed by atoms with E-state index in [1.54, 1.807) is 0 Å². The zero-order chi connectivity index (χ0) is 17.7. The van der Waals surface area contributed by atoms with Crippen LogP contribution < -0.4 is 0 Å². The summed E-state index contributed by atoms with van der Waals surface area (Å²) >= 11 is 0. The van der Waals surface area contributed by atoms with Crippen molar-refractivity contribution < 1.29 is 0 Å². The third-order valence-corrected chi connectivity index (χ3v) is 6.13. The fraction of sp³-hybridized carbons (Fsp3) is 0.250. The summed E-state index contributed by atoms with van der Waals surface area (Å²) in [5.74, 6) is 2.31. The van der Waals surface area contributed by atoms with Gasteiger partial charge in [-0.05, 0) is 57.0 Å². The fourth-order valence-electron chi connectivity index (χ4n) is 4.92. The highest BCUT2D eigenvalue weighted by Gasteiger charge is 2.35. The molecular formula is C24H22N2. The molecule has 1 aliphatic rings. The van der Waals surface area contributed by atoms with Gasteiger partial charge in [-0.1, -0.05) is 62.4 Å². The first-order valence-corrected chi connectivity index (χ1v) is 9.44. The van der Waals surface area contributed by atoms with Crippen molar-refractivity contribution in [3.8, 4) is 0 Å². The van der Waals surface area contributed by atoms with Crippen LogP contribution in [-0.2, 0) is 6.42 Å². The maximum absolute atomic E-state index is 4.57. The summed E-state index contributed by atoms with van der Waals surface area (Å²) in [6.45, 7) is 4.68. The Hall–Kier alpha value is -2.74. The SMILES string of the molecule is CC1Cc2c(ccc3c2ccc2ccccc23)C(C)C1c1ncccn1. The molecule has 2 heteroatoms. The van der Waals surface area contributed by atoms with Crippen LogP contribution in [0.4, 0.5) is 0 Å². The number of aromatic nitrogens is 2. The van der Waals surface area contributed by atoms with E-state index in [2.05, 4.69) is 72.3 Å². The molecule has 0 aliphatic heterocycles. The van der Waals surface area contributed by atoms with Gasteiger partial charge in [0.2, 0.25) is 0 Å². The highest BCUT2D eigenvalue weighted by molar-refractivity contribution is 6.08. The number of benzene rings is 3. The molecule has 3 aromatic carbocycles. The molecule has 0 saturated heterocycles. The van der Waals surface area contributed by atoms with Gasteiger partial charge in [0.05, 0.1) is 0 Å². The van der Waals surface area contributed by atoms with Gasteiger partial charge in [-0.3, -0.25) is 0 Å². The Morgan fingerprint density at radius 3 is 2.38 bits per heavy atom. The monoisotopic (exact) mass is 338 g/mol. The van der Waals surface area contributed by atoms with Gasteiger partial charge in [-0.25, -0.2) is 9.97 Å². The quantitative estimate of drug-likeness (QED) is 0.406. The first-order chi connectivity index (χ1) is 12.7. The molecule has 1 aliphatic carbocycles. The number of nitrogens with zero attached hydrogens (tertiary/aromatic N) is 2. The minimum atomic E-state index is 0.376. The molecule has 26 heavy (non-hydrogen) atoms. The number of hydrogen-bond donors (Lipinski definition) is 0. The maximum Gasteiger partial charge on any atom is 0.132 e. The van der Waals surface area contributed by atoms with E-state index in [0.717, 1.165) is 12.2 Å². The predicted octanol–water partition coefficient (Wildman–Crippen LogP) is 5.86. The molecule has 0 amide bonds. The highest BCUT2D eigenvalue weighted by atomic mass is 14.9. The molecule has 1 heterocycles. The summed E-state index contributed by atoms with van der Waals surface area (Å²) in [5, 5.41) is 5.44. The van der Waals surface area contributed by atoms with Crippen molar-refractivity contribution in [2.75, 3.05) is 0 Å². The van der Waals surface area contributed by atoms with Crippen LogP contribution in [0.5, 0.6) is 0 Å². The second-order valence-corrected chi connectivity index (χ2v) is 7.62. The Balaban J connectivity index is 1.71. The molecule has 0 bridgehead atoms. The molecule has 128 valence electrons. The van der Waals surface area contributed by atoms with Crippen LogP contribution in [0, 0.1) is 5.92 Å². The lowest BCUT2D eigenvalue weighted by molar-refractivity contribution is 0.365. The van der Waals surface area contributed by atoms with Gasteiger partial charge in [0, 0.05) is 18.3 Å². The Morgan fingerprint density at radius 1 is 0.769 bits per heavy atom. The van der Waals surface area contributed by atoms with E-state index in [4.69, 9.17) is 0 Å². The van der Waals surface area contributed by atoms with Crippen molar-refractivity contribution in [1.82, 2.24) is 9.97 Å². The second-order valence-electron chi connectivity index (χ2n) is 7.62. The zero-order valence-electron chi connectivity index (χ0n) is 15.2. The van der Waals surface area contributed by atoms with Crippen molar-refractivity contribution in [3.05, 3.63) is 83.9 Å². The van der Waals surface area contributed by atoms with E-state index in [9.17, 15) is 0 Å². The number of rotatable bonds is 1. The minimum absolute atomic E-state index is 0.376. The molecule has 0 radical (unpaired) electrons. The molecule has 5 rings (SSSR count). The number of hydrogen-bond acceptors (Lipinski definition) is 2. The van der Waals surface area contributed by atoms with Crippen molar-refractivity contribution in [2.24, 2.45) is 5.92 Å². The fourth-order valence-corrected chi connectivity index (χ4v) is 4.92. The third kappa shape index (κ3) is 2.25. The van der Waals surface area contributed by atoms with E-state index >= 15 is 0 Å². The maximum atomic E-state index is 4.57. The van der Waals surface area contributed by atoms with Crippen LogP contribution in [-0.4, -0.2) is 9.97 Å². The summed E-state index contributed by atoms with van der Waals surface area (Å²) in [7, 11) is 0. The van der Waals surface area contributed by atoms with Crippen LogP contribution in [0.3, 0.4) is 0 Å². The summed E-state index contributed by atoms with van der Waals surface area (Å²) in [5.41, 5.74) is 2.98. The van der Waals surface area contributed by atoms with Crippen LogP contribution in [0.25, 0.3) is 21.5 Å². The van der Waals surface area contributed by atoms with Crippen LogP contribution in [0.2, 0.25) is 0 Å². The zero-order valence-corrected chi connectivity index (χ0v) is 15.2. The van der Waals surface area contributed by atoms with Crippen LogP contribution >= 0.6 is 0 Å². The molecule has 3 atom stereocenters. The largest absolute Gasteiger partial charge is 0.241 e. The minimum Gasteiger partial charge on any atom is -0.241 e. The van der Waals surface area contributed by atoms with Gasteiger partial charge in [-0.2, -0.15) is 0 Å². The van der Waals surface area contributed by atoms with Gasteiger partial charge in [0.15, 0.2) is 0 Å². The Kier molecular flexibility index (Phi) is 3.53. The first-order valence-electron chi connectivity index (χ1n) is 9.44. The Morgan fingerprint density at radius 2 is 1.54 bits per heavy atom. The van der Waals surface area contributed by atoms with Gasteiger partial charge >= 0.3 is 0 Å². The second kappa shape index (κ2) is 5.91. The standard InChI is InChI=1S/C24H22N2/c1-15-14-22-18(16(2)23(15)24-25-12-5-13-26-24)10-11-20-19-7-4-3-6-17(19)8-9-21(20)22/h3-13,15-16,23H,14H2,1-2H3. The highest BCUT2D eigenvalue weighted by Crippen LogP contribution is 2.46. The molecule has 0 saturated carbocycles.